The normalized spacial score (nSPS) is 12.8. The van der Waals surface area contributed by atoms with E-state index in [4.69, 9.17) is 9.47 Å². The molecule has 0 aromatic heterocycles. The van der Waals surface area contributed by atoms with Crippen LogP contribution in [0.5, 0.6) is 0 Å². The van der Waals surface area contributed by atoms with Gasteiger partial charge in [-0.05, 0) is 51.4 Å². The highest BCUT2D eigenvalue weighted by molar-refractivity contribution is 5.70. The molecule has 0 bridgehead atoms. The second-order valence-corrected chi connectivity index (χ2v) is 10.5. The van der Waals surface area contributed by atoms with E-state index >= 15 is 0 Å². The number of carbonyl (C=O) groups excluding carboxylic acids is 2. The number of hydrogen-bond donors (Lipinski definition) is 1. The number of unbranched alkanes of at least 4 members (excludes halogenated alkanes) is 12. The fourth-order valence-electron chi connectivity index (χ4n) is 4.19. The second-order valence-electron chi connectivity index (χ2n) is 10.5. The van der Waals surface area contributed by atoms with Crippen LogP contribution in [-0.2, 0) is 19.1 Å². The van der Waals surface area contributed by atoms with Crippen molar-refractivity contribution >= 4 is 11.9 Å². The number of carbonyl (C=O) groups is 2. The van der Waals surface area contributed by atoms with Crippen LogP contribution in [0.25, 0.3) is 0 Å². The fourth-order valence-corrected chi connectivity index (χ4v) is 4.19. The van der Waals surface area contributed by atoms with Crippen LogP contribution in [0.1, 0.15) is 142 Å². The molecule has 0 heterocycles. The summed E-state index contributed by atoms with van der Waals surface area (Å²) in [6.07, 6.45) is 37.3. The van der Waals surface area contributed by atoms with Gasteiger partial charge in [-0.3, -0.25) is 9.59 Å². The lowest BCUT2D eigenvalue weighted by Gasteiger charge is -2.15. The van der Waals surface area contributed by atoms with E-state index in [1.807, 2.05) is 0 Å². The van der Waals surface area contributed by atoms with Crippen molar-refractivity contribution in [2.45, 2.75) is 148 Å². The Hall–Kier alpha value is -2.14. The van der Waals surface area contributed by atoms with Gasteiger partial charge in [-0.1, -0.05) is 127 Å². The fraction of sp³-hybridized carbons (Fsp3) is 0.714. The van der Waals surface area contributed by atoms with E-state index in [-0.39, 0.29) is 25.2 Å². The van der Waals surface area contributed by atoms with Gasteiger partial charge in [0.15, 0.2) is 6.10 Å². The van der Waals surface area contributed by atoms with Crippen LogP contribution in [0.4, 0.5) is 0 Å². The standard InChI is InChI=1S/C35H60O5/c1-3-5-7-9-11-13-15-16-17-18-20-21-23-25-27-29-34(37)39-32-33(31-36)40-35(38)30-28-26-24-22-19-14-12-10-8-6-4-2/h5,7,11,13,16-17,20-21,33,36H,3-4,6,8-10,12,14-15,18-19,22-32H2,1-2H3/b7-5-,13-11-,17-16-,21-20-/t33-/m0/s1. The summed E-state index contributed by atoms with van der Waals surface area (Å²) < 4.78 is 10.5. The van der Waals surface area contributed by atoms with Gasteiger partial charge >= 0.3 is 11.9 Å². The van der Waals surface area contributed by atoms with Gasteiger partial charge in [0.25, 0.3) is 0 Å². The predicted molar refractivity (Wildman–Crippen MR) is 168 cm³/mol. The summed E-state index contributed by atoms with van der Waals surface area (Å²) in [6, 6.07) is 0. The molecule has 0 saturated heterocycles. The molecule has 5 heteroatoms. The summed E-state index contributed by atoms with van der Waals surface area (Å²) in [5, 5.41) is 9.48. The first-order valence-corrected chi connectivity index (χ1v) is 16.2. The SMILES string of the molecule is CC/C=C\C/C=C\C/C=C\C/C=C\CCCCC(=O)OC[C@H](CO)OC(=O)CCCCCCCCCCCCC. The van der Waals surface area contributed by atoms with Crippen molar-refractivity contribution < 1.29 is 24.2 Å². The van der Waals surface area contributed by atoms with Crippen molar-refractivity contribution in [1.29, 1.82) is 0 Å². The minimum absolute atomic E-state index is 0.0871. The van der Waals surface area contributed by atoms with Gasteiger partial charge in [0.2, 0.25) is 0 Å². The lowest BCUT2D eigenvalue weighted by Crippen LogP contribution is -2.28. The molecule has 1 N–H and O–H groups in total. The highest BCUT2D eigenvalue weighted by Crippen LogP contribution is 2.12. The molecule has 0 aliphatic carbocycles. The molecule has 0 amide bonds. The molecule has 40 heavy (non-hydrogen) atoms. The molecule has 0 aromatic carbocycles. The molecule has 5 nitrogen and oxygen atoms in total. The molecule has 0 aliphatic heterocycles. The Balaban J connectivity index is 3.69. The van der Waals surface area contributed by atoms with Crippen LogP contribution in [0.3, 0.4) is 0 Å². The predicted octanol–water partition coefficient (Wildman–Crippen LogP) is 9.50. The molecule has 0 spiro atoms. The Morgan fingerprint density at radius 1 is 0.600 bits per heavy atom. The van der Waals surface area contributed by atoms with Gasteiger partial charge in [-0.2, -0.15) is 0 Å². The van der Waals surface area contributed by atoms with Crippen molar-refractivity contribution in [3.8, 4) is 0 Å². The lowest BCUT2D eigenvalue weighted by atomic mass is 10.1. The summed E-state index contributed by atoms with van der Waals surface area (Å²) in [5.74, 6) is -0.644. The Morgan fingerprint density at radius 2 is 1.07 bits per heavy atom. The third kappa shape index (κ3) is 28.9. The highest BCUT2D eigenvalue weighted by atomic mass is 16.6. The summed E-state index contributed by atoms with van der Waals surface area (Å²) in [7, 11) is 0. The van der Waals surface area contributed by atoms with Gasteiger partial charge < -0.3 is 14.6 Å². The zero-order valence-electron chi connectivity index (χ0n) is 25.8. The maximum Gasteiger partial charge on any atom is 0.306 e. The van der Waals surface area contributed by atoms with Gasteiger partial charge in [0.05, 0.1) is 6.61 Å². The number of allylic oxidation sites excluding steroid dienone is 8. The Labute approximate surface area is 246 Å². The molecule has 0 aliphatic rings. The number of rotatable bonds is 28. The average Bonchev–Trinajstić information content (AvgIpc) is 2.96. The molecule has 0 fully saturated rings. The van der Waals surface area contributed by atoms with Crippen molar-refractivity contribution in [3.05, 3.63) is 48.6 Å². The van der Waals surface area contributed by atoms with E-state index in [0.717, 1.165) is 64.2 Å². The van der Waals surface area contributed by atoms with Crippen molar-refractivity contribution in [3.63, 3.8) is 0 Å². The smallest absolute Gasteiger partial charge is 0.306 e. The number of aliphatic hydroxyl groups excluding tert-OH is 1. The molecule has 0 radical (unpaired) electrons. The van der Waals surface area contributed by atoms with E-state index in [0.29, 0.717) is 12.8 Å². The topological polar surface area (TPSA) is 72.8 Å². The first-order valence-electron chi connectivity index (χ1n) is 16.2. The summed E-state index contributed by atoms with van der Waals surface area (Å²) >= 11 is 0. The van der Waals surface area contributed by atoms with E-state index in [2.05, 4.69) is 62.5 Å². The quantitative estimate of drug-likeness (QED) is 0.0586. The summed E-state index contributed by atoms with van der Waals surface area (Å²) in [6.45, 7) is 3.95. The van der Waals surface area contributed by atoms with E-state index in [1.165, 1.54) is 51.4 Å². The van der Waals surface area contributed by atoms with Crippen molar-refractivity contribution in [2.24, 2.45) is 0 Å². The van der Waals surface area contributed by atoms with Crippen LogP contribution in [0, 0.1) is 0 Å². The molecule has 0 aromatic rings. The van der Waals surface area contributed by atoms with E-state index in [1.54, 1.807) is 0 Å². The molecule has 1 atom stereocenters. The molecule has 230 valence electrons. The highest BCUT2D eigenvalue weighted by Gasteiger charge is 2.16. The van der Waals surface area contributed by atoms with Crippen LogP contribution >= 0.6 is 0 Å². The zero-order chi connectivity index (χ0) is 29.4. The van der Waals surface area contributed by atoms with Crippen LogP contribution in [0.2, 0.25) is 0 Å². The maximum absolute atomic E-state index is 12.1. The second kappa shape index (κ2) is 31.4. The van der Waals surface area contributed by atoms with Gasteiger partial charge in [0.1, 0.15) is 6.61 Å². The molecule has 0 saturated carbocycles. The third-order valence-corrected chi connectivity index (χ3v) is 6.64. The maximum atomic E-state index is 12.1. The Morgan fingerprint density at radius 3 is 1.62 bits per heavy atom. The number of aliphatic hydroxyl groups is 1. The molecule has 0 rings (SSSR count). The average molecular weight is 561 g/mol. The first kappa shape index (κ1) is 37.9. The third-order valence-electron chi connectivity index (χ3n) is 6.64. The summed E-state index contributed by atoms with van der Waals surface area (Å²) in [4.78, 5) is 24.0. The van der Waals surface area contributed by atoms with Crippen molar-refractivity contribution in [1.82, 2.24) is 0 Å². The number of hydrogen-bond acceptors (Lipinski definition) is 5. The van der Waals surface area contributed by atoms with E-state index in [9.17, 15) is 14.7 Å². The van der Waals surface area contributed by atoms with Crippen LogP contribution in [0.15, 0.2) is 48.6 Å². The minimum Gasteiger partial charge on any atom is -0.462 e. The van der Waals surface area contributed by atoms with E-state index < -0.39 is 6.10 Å². The number of esters is 2. The molecular weight excluding hydrogens is 500 g/mol. The number of ether oxygens (including phenoxy) is 2. The minimum atomic E-state index is -0.784. The van der Waals surface area contributed by atoms with Crippen LogP contribution < -0.4 is 0 Å². The molecular formula is C35H60O5. The van der Waals surface area contributed by atoms with Gasteiger partial charge in [-0.25, -0.2) is 0 Å². The largest absolute Gasteiger partial charge is 0.462 e. The van der Waals surface area contributed by atoms with Crippen LogP contribution in [-0.4, -0.2) is 36.4 Å². The Kier molecular flexibility index (Phi) is 29.7. The monoisotopic (exact) mass is 560 g/mol. The zero-order valence-corrected chi connectivity index (χ0v) is 25.8. The van der Waals surface area contributed by atoms with Crippen molar-refractivity contribution in [2.75, 3.05) is 13.2 Å². The molecule has 0 unspecified atom stereocenters. The summed E-state index contributed by atoms with van der Waals surface area (Å²) in [5.41, 5.74) is 0. The van der Waals surface area contributed by atoms with Gasteiger partial charge in [-0.15, -0.1) is 0 Å². The van der Waals surface area contributed by atoms with Gasteiger partial charge in [0, 0.05) is 12.8 Å². The first-order chi connectivity index (χ1) is 19.6. The Bertz CT molecular complexity index is 692. The lowest BCUT2D eigenvalue weighted by molar-refractivity contribution is -0.161.